The van der Waals surface area contributed by atoms with Gasteiger partial charge in [-0.1, -0.05) is 6.92 Å². The average Bonchev–Trinajstić information content (AvgIpc) is 2.26. The monoisotopic (exact) mass is 200 g/mol. The number of rotatable bonds is 4. The van der Waals surface area contributed by atoms with Crippen LogP contribution in [0.3, 0.4) is 0 Å². The Bertz CT molecular complexity index is 179. The van der Waals surface area contributed by atoms with Crippen LogP contribution in [0, 0.1) is 0 Å². The Kier molecular flexibility index (Phi) is 4.90. The number of amides is 1. The van der Waals surface area contributed by atoms with E-state index in [1.54, 1.807) is 0 Å². The van der Waals surface area contributed by atoms with Crippen molar-refractivity contribution in [1.82, 2.24) is 5.32 Å². The number of carbonyl (C=O) groups excluding carboxylic acids is 1. The van der Waals surface area contributed by atoms with Gasteiger partial charge in [0.2, 0.25) is 5.91 Å². The highest BCUT2D eigenvalue weighted by Gasteiger charge is 2.16. The Morgan fingerprint density at radius 1 is 1.64 bits per heavy atom. The summed E-state index contributed by atoms with van der Waals surface area (Å²) in [5.41, 5.74) is 5.58. The molecular formula is C10H20N2O2. The average molecular weight is 200 g/mol. The normalized spacial score (nSPS) is 24.3. The van der Waals surface area contributed by atoms with E-state index in [0.717, 1.165) is 19.4 Å². The summed E-state index contributed by atoms with van der Waals surface area (Å²) in [6.45, 7) is 3.33. The molecule has 4 heteroatoms. The molecule has 0 saturated carbocycles. The highest BCUT2D eigenvalue weighted by Crippen LogP contribution is 2.11. The molecule has 14 heavy (non-hydrogen) atoms. The molecule has 1 aliphatic rings. The van der Waals surface area contributed by atoms with E-state index in [1.807, 2.05) is 6.92 Å². The van der Waals surface area contributed by atoms with Gasteiger partial charge in [-0.15, -0.1) is 0 Å². The van der Waals surface area contributed by atoms with Crippen LogP contribution in [-0.4, -0.2) is 31.2 Å². The second kappa shape index (κ2) is 5.98. The van der Waals surface area contributed by atoms with E-state index in [2.05, 4.69) is 5.32 Å². The summed E-state index contributed by atoms with van der Waals surface area (Å²) >= 11 is 0. The van der Waals surface area contributed by atoms with Crippen molar-refractivity contribution in [2.75, 3.05) is 13.2 Å². The first-order chi connectivity index (χ1) is 6.74. The molecule has 0 aromatic heterocycles. The summed E-state index contributed by atoms with van der Waals surface area (Å²) in [5.74, 6) is -0.0679. The fraction of sp³-hybridized carbons (Fsp3) is 0.900. The number of carbonyl (C=O) groups is 1. The van der Waals surface area contributed by atoms with E-state index >= 15 is 0 Å². The van der Waals surface area contributed by atoms with E-state index < -0.39 is 0 Å². The topological polar surface area (TPSA) is 64.4 Å². The van der Waals surface area contributed by atoms with Gasteiger partial charge in [0.1, 0.15) is 0 Å². The van der Waals surface area contributed by atoms with Gasteiger partial charge in [0.15, 0.2) is 0 Å². The van der Waals surface area contributed by atoms with Crippen LogP contribution in [0.1, 0.15) is 32.6 Å². The lowest BCUT2D eigenvalue weighted by molar-refractivity contribution is -0.123. The van der Waals surface area contributed by atoms with Gasteiger partial charge >= 0.3 is 0 Å². The smallest absolute Gasteiger partial charge is 0.236 e. The van der Waals surface area contributed by atoms with Gasteiger partial charge in [0.25, 0.3) is 0 Å². The Hall–Kier alpha value is -0.610. The highest BCUT2D eigenvalue weighted by atomic mass is 16.5. The summed E-state index contributed by atoms with van der Waals surface area (Å²) < 4.78 is 5.49. The second-order valence-corrected chi connectivity index (χ2v) is 3.75. The zero-order valence-corrected chi connectivity index (χ0v) is 8.79. The fourth-order valence-electron chi connectivity index (χ4n) is 1.50. The lowest BCUT2D eigenvalue weighted by Crippen LogP contribution is -2.44. The standard InChI is InChI=1S/C10H20N2O2/c1-2-9(11)10(13)12-7-8-5-3-4-6-14-8/h8-9H,2-7,11H2,1H3,(H,12,13). The van der Waals surface area contributed by atoms with Crippen LogP contribution in [-0.2, 0) is 9.53 Å². The predicted molar refractivity (Wildman–Crippen MR) is 54.9 cm³/mol. The predicted octanol–water partition coefficient (Wildman–Crippen LogP) is 0.409. The molecule has 2 atom stereocenters. The Morgan fingerprint density at radius 2 is 2.43 bits per heavy atom. The molecule has 1 amide bonds. The quantitative estimate of drug-likeness (QED) is 0.691. The van der Waals surface area contributed by atoms with E-state index in [-0.39, 0.29) is 18.1 Å². The van der Waals surface area contributed by atoms with Crippen LogP contribution in [0.25, 0.3) is 0 Å². The summed E-state index contributed by atoms with van der Waals surface area (Å²) in [7, 11) is 0. The Balaban J connectivity index is 2.15. The molecule has 4 nitrogen and oxygen atoms in total. The van der Waals surface area contributed by atoms with Gasteiger partial charge in [0.05, 0.1) is 12.1 Å². The molecule has 1 rings (SSSR count). The van der Waals surface area contributed by atoms with Gasteiger partial charge in [-0.2, -0.15) is 0 Å². The number of nitrogens with one attached hydrogen (secondary N) is 1. The largest absolute Gasteiger partial charge is 0.376 e. The summed E-state index contributed by atoms with van der Waals surface area (Å²) in [5, 5.41) is 2.81. The third-order valence-electron chi connectivity index (χ3n) is 2.55. The molecule has 2 unspecified atom stereocenters. The van der Waals surface area contributed by atoms with Crippen LogP contribution in [0.4, 0.5) is 0 Å². The Morgan fingerprint density at radius 3 is 3.00 bits per heavy atom. The minimum absolute atomic E-state index is 0.0679. The SMILES string of the molecule is CCC(N)C(=O)NCC1CCCCO1. The molecular weight excluding hydrogens is 180 g/mol. The highest BCUT2D eigenvalue weighted by molar-refractivity contribution is 5.81. The first-order valence-corrected chi connectivity index (χ1v) is 5.39. The van der Waals surface area contributed by atoms with Crippen molar-refractivity contribution in [3.63, 3.8) is 0 Å². The molecule has 3 N–H and O–H groups in total. The molecule has 1 heterocycles. The molecule has 0 bridgehead atoms. The third-order valence-corrected chi connectivity index (χ3v) is 2.55. The van der Waals surface area contributed by atoms with Crippen molar-refractivity contribution >= 4 is 5.91 Å². The molecule has 1 aliphatic heterocycles. The van der Waals surface area contributed by atoms with Crippen molar-refractivity contribution in [2.24, 2.45) is 5.73 Å². The molecule has 0 radical (unpaired) electrons. The molecule has 82 valence electrons. The van der Waals surface area contributed by atoms with Gasteiger partial charge in [-0.3, -0.25) is 4.79 Å². The number of ether oxygens (including phenoxy) is 1. The van der Waals surface area contributed by atoms with E-state index in [4.69, 9.17) is 10.5 Å². The number of hydrogen-bond donors (Lipinski definition) is 2. The van der Waals surface area contributed by atoms with Crippen LogP contribution in [0.5, 0.6) is 0 Å². The molecule has 0 aromatic rings. The van der Waals surface area contributed by atoms with Crippen molar-refractivity contribution in [2.45, 2.75) is 44.8 Å². The lowest BCUT2D eigenvalue weighted by atomic mass is 10.1. The van der Waals surface area contributed by atoms with Gasteiger partial charge < -0.3 is 15.8 Å². The summed E-state index contributed by atoms with van der Waals surface area (Å²) in [4.78, 5) is 11.3. The first kappa shape index (κ1) is 11.5. The molecule has 0 spiro atoms. The summed E-state index contributed by atoms with van der Waals surface area (Å²) in [6, 6.07) is -0.376. The van der Waals surface area contributed by atoms with E-state index in [1.165, 1.54) is 6.42 Å². The van der Waals surface area contributed by atoms with Crippen molar-refractivity contribution in [1.29, 1.82) is 0 Å². The summed E-state index contributed by atoms with van der Waals surface area (Å²) in [6.07, 6.45) is 4.25. The maximum absolute atomic E-state index is 11.3. The fourth-order valence-corrected chi connectivity index (χ4v) is 1.50. The molecule has 0 aliphatic carbocycles. The van der Waals surface area contributed by atoms with Crippen LogP contribution in [0.15, 0.2) is 0 Å². The van der Waals surface area contributed by atoms with E-state index in [9.17, 15) is 4.79 Å². The minimum atomic E-state index is -0.376. The second-order valence-electron chi connectivity index (χ2n) is 3.75. The van der Waals surface area contributed by atoms with Crippen LogP contribution >= 0.6 is 0 Å². The minimum Gasteiger partial charge on any atom is -0.376 e. The zero-order valence-electron chi connectivity index (χ0n) is 8.79. The maximum Gasteiger partial charge on any atom is 0.236 e. The zero-order chi connectivity index (χ0) is 10.4. The van der Waals surface area contributed by atoms with Crippen molar-refractivity contribution in [3.8, 4) is 0 Å². The first-order valence-electron chi connectivity index (χ1n) is 5.39. The number of hydrogen-bond acceptors (Lipinski definition) is 3. The molecule has 1 saturated heterocycles. The lowest BCUT2D eigenvalue weighted by Gasteiger charge is -2.23. The molecule has 0 aromatic carbocycles. The Labute approximate surface area is 85.2 Å². The third kappa shape index (κ3) is 3.64. The van der Waals surface area contributed by atoms with E-state index in [0.29, 0.717) is 13.0 Å². The number of nitrogens with two attached hydrogens (primary N) is 1. The van der Waals surface area contributed by atoms with Gasteiger partial charge in [-0.05, 0) is 25.7 Å². The van der Waals surface area contributed by atoms with Gasteiger partial charge in [-0.25, -0.2) is 0 Å². The molecule has 1 fully saturated rings. The van der Waals surface area contributed by atoms with Crippen LogP contribution in [0.2, 0.25) is 0 Å². The van der Waals surface area contributed by atoms with Crippen molar-refractivity contribution in [3.05, 3.63) is 0 Å². The maximum atomic E-state index is 11.3. The van der Waals surface area contributed by atoms with Crippen molar-refractivity contribution < 1.29 is 9.53 Å². The van der Waals surface area contributed by atoms with Crippen LogP contribution < -0.4 is 11.1 Å². The van der Waals surface area contributed by atoms with Gasteiger partial charge in [0, 0.05) is 13.2 Å².